The average molecular weight is 440 g/mol. The first-order valence-electron chi connectivity index (χ1n) is 10.5. The number of nitrogens with one attached hydrogen (secondary N) is 1. The summed E-state index contributed by atoms with van der Waals surface area (Å²) >= 11 is 0. The van der Waals surface area contributed by atoms with Gasteiger partial charge in [-0.25, -0.2) is 9.78 Å². The number of carbonyl (C=O) groups is 2. The van der Waals surface area contributed by atoms with Gasteiger partial charge in [0.2, 0.25) is 5.91 Å². The van der Waals surface area contributed by atoms with E-state index in [4.69, 9.17) is 14.1 Å². The third-order valence-electron chi connectivity index (χ3n) is 5.23. The summed E-state index contributed by atoms with van der Waals surface area (Å²) in [5.74, 6) is -0.398. The Bertz CT molecular complexity index is 1370. The molecule has 0 saturated carbocycles. The highest BCUT2D eigenvalue weighted by atomic mass is 16.5. The van der Waals surface area contributed by atoms with Gasteiger partial charge in [-0.2, -0.15) is 0 Å². The highest BCUT2D eigenvalue weighted by Gasteiger charge is 2.22. The summed E-state index contributed by atoms with van der Waals surface area (Å²) in [5.41, 5.74) is 4.36. The molecule has 0 aliphatic carbocycles. The van der Waals surface area contributed by atoms with Crippen LogP contribution in [0.5, 0.6) is 0 Å². The van der Waals surface area contributed by atoms with Gasteiger partial charge >= 0.3 is 5.97 Å². The largest absolute Gasteiger partial charge is 0.461 e. The molecule has 8 heteroatoms. The zero-order valence-corrected chi connectivity index (χ0v) is 17.8. The number of aromatic nitrogens is 2. The lowest BCUT2D eigenvalue weighted by Crippen LogP contribution is -2.15. The van der Waals surface area contributed by atoms with Crippen LogP contribution in [0.4, 0.5) is 11.4 Å². The third-order valence-corrected chi connectivity index (χ3v) is 5.23. The molecular formula is C25H20N4O4. The van der Waals surface area contributed by atoms with Crippen molar-refractivity contribution >= 4 is 29.0 Å². The van der Waals surface area contributed by atoms with E-state index in [-0.39, 0.29) is 24.6 Å². The van der Waals surface area contributed by atoms with Crippen molar-refractivity contribution < 1.29 is 18.7 Å². The minimum atomic E-state index is -0.551. The van der Waals surface area contributed by atoms with E-state index in [9.17, 15) is 9.59 Å². The van der Waals surface area contributed by atoms with Crippen LogP contribution in [0.15, 0.2) is 82.8 Å². The Balaban J connectivity index is 1.52. The molecule has 1 aliphatic heterocycles. The van der Waals surface area contributed by atoms with Crippen LogP contribution in [0.1, 0.15) is 29.4 Å². The summed E-state index contributed by atoms with van der Waals surface area (Å²) in [6.07, 6.45) is 5.20. The molecule has 0 atom stereocenters. The van der Waals surface area contributed by atoms with Crippen molar-refractivity contribution in [3.63, 3.8) is 0 Å². The van der Waals surface area contributed by atoms with Crippen molar-refractivity contribution in [3.8, 4) is 17.0 Å². The molecule has 1 amide bonds. The second-order valence-electron chi connectivity index (χ2n) is 7.41. The lowest BCUT2D eigenvalue weighted by Gasteiger charge is -2.08. The van der Waals surface area contributed by atoms with Gasteiger partial charge in [0, 0.05) is 23.6 Å². The summed E-state index contributed by atoms with van der Waals surface area (Å²) in [7, 11) is 0. The topological polar surface area (TPSA) is 98.7 Å². The zero-order chi connectivity index (χ0) is 22.8. The summed E-state index contributed by atoms with van der Waals surface area (Å²) in [6.45, 7) is 1.97. The van der Waals surface area contributed by atoms with Crippen LogP contribution in [-0.4, -0.2) is 33.7 Å². The fourth-order valence-corrected chi connectivity index (χ4v) is 3.72. The Morgan fingerprint density at radius 2 is 1.94 bits per heavy atom. The highest BCUT2D eigenvalue weighted by Crippen LogP contribution is 2.32. The molecule has 3 heterocycles. The molecule has 4 aromatic rings. The van der Waals surface area contributed by atoms with Gasteiger partial charge in [0.25, 0.3) is 0 Å². The molecule has 2 aromatic heterocycles. The predicted molar refractivity (Wildman–Crippen MR) is 123 cm³/mol. The number of hydrogen-bond donors (Lipinski definition) is 1. The van der Waals surface area contributed by atoms with Crippen LogP contribution in [-0.2, 0) is 9.53 Å². The molecule has 1 N–H and O–H groups in total. The minimum absolute atomic E-state index is 0.109. The van der Waals surface area contributed by atoms with Crippen LogP contribution in [0.2, 0.25) is 0 Å². The SMILES string of the molecule is CCOC(=O)c1ncoc1-c1cccc(C2=Nc3ccc(-n4cccc4)cc3NC(=O)C2)c1. The number of rotatable bonds is 5. The lowest BCUT2D eigenvalue weighted by molar-refractivity contribution is -0.115. The number of anilines is 1. The molecule has 0 saturated heterocycles. The molecular weight excluding hydrogens is 420 g/mol. The van der Waals surface area contributed by atoms with Gasteiger partial charge in [0.1, 0.15) is 0 Å². The van der Waals surface area contributed by atoms with E-state index in [1.165, 1.54) is 6.39 Å². The van der Waals surface area contributed by atoms with E-state index in [0.717, 1.165) is 11.3 Å². The van der Waals surface area contributed by atoms with Gasteiger partial charge in [0.05, 0.1) is 30.1 Å². The Kier molecular flexibility index (Phi) is 5.32. The number of hydrogen-bond acceptors (Lipinski definition) is 6. The number of carbonyl (C=O) groups excluding carboxylic acids is 2. The number of nitrogens with zero attached hydrogens (tertiary/aromatic N) is 3. The number of ether oxygens (including phenoxy) is 1. The summed E-state index contributed by atoms with van der Waals surface area (Å²) < 4.78 is 12.5. The number of amides is 1. The monoisotopic (exact) mass is 440 g/mol. The number of oxazole rings is 1. The van der Waals surface area contributed by atoms with Gasteiger partial charge in [-0.1, -0.05) is 18.2 Å². The number of fused-ring (bicyclic) bond motifs is 1. The van der Waals surface area contributed by atoms with E-state index in [2.05, 4.69) is 10.3 Å². The van der Waals surface area contributed by atoms with E-state index in [1.54, 1.807) is 13.0 Å². The van der Waals surface area contributed by atoms with Crippen molar-refractivity contribution in [1.29, 1.82) is 0 Å². The van der Waals surface area contributed by atoms with Crippen molar-refractivity contribution in [2.75, 3.05) is 11.9 Å². The Labute approximate surface area is 189 Å². The average Bonchev–Trinajstić information content (AvgIpc) is 3.50. The van der Waals surface area contributed by atoms with Crippen molar-refractivity contribution in [2.24, 2.45) is 4.99 Å². The van der Waals surface area contributed by atoms with Crippen LogP contribution in [0.25, 0.3) is 17.0 Å². The van der Waals surface area contributed by atoms with Crippen LogP contribution in [0.3, 0.4) is 0 Å². The Morgan fingerprint density at radius 1 is 1.12 bits per heavy atom. The molecule has 0 spiro atoms. The van der Waals surface area contributed by atoms with Gasteiger partial charge < -0.3 is 19.0 Å². The molecule has 0 unspecified atom stereocenters. The smallest absolute Gasteiger partial charge is 0.360 e. The first-order valence-corrected chi connectivity index (χ1v) is 10.5. The van der Waals surface area contributed by atoms with E-state index in [0.29, 0.717) is 28.4 Å². The molecule has 1 aliphatic rings. The third kappa shape index (κ3) is 4.06. The van der Waals surface area contributed by atoms with Crippen molar-refractivity contribution in [1.82, 2.24) is 9.55 Å². The number of esters is 1. The lowest BCUT2D eigenvalue weighted by atomic mass is 10.0. The van der Waals surface area contributed by atoms with Crippen molar-refractivity contribution in [3.05, 3.63) is 84.6 Å². The maximum Gasteiger partial charge on any atom is 0.360 e. The molecule has 0 radical (unpaired) electrons. The first-order chi connectivity index (χ1) is 16.1. The van der Waals surface area contributed by atoms with Crippen LogP contribution >= 0.6 is 0 Å². The summed E-state index contributed by atoms with van der Waals surface area (Å²) in [5, 5.41) is 2.95. The molecule has 164 valence electrons. The molecule has 33 heavy (non-hydrogen) atoms. The fraction of sp³-hybridized carbons (Fsp3) is 0.120. The number of benzene rings is 2. The van der Waals surface area contributed by atoms with E-state index in [1.807, 2.05) is 65.5 Å². The Hall–Kier alpha value is -4.46. The second-order valence-corrected chi connectivity index (χ2v) is 7.41. The predicted octanol–water partition coefficient (Wildman–Crippen LogP) is 4.77. The number of aliphatic imine (C=N–C) groups is 1. The van der Waals surface area contributed by atoms with Gasteiger partial charge in [0.15, 0.2) is 17.8 Å². The molecule has 0 bridgehead atoms. The summed E-state index contributed by atoms with van der Waals surface area (Å²) in [4.78, 5) is 33.6. The maximum absolute atomic E-state index is 12.7. The van der Waals surface area contributed by atoms with Gasteiger partial charge in [-0.05, 0) is 48.9 Å². The zero-order valence-electron chi connectivity index (χ0n) is 17.8. The second kappa shape index (κ2) is 8.58. The van der Waals surface area contributed by atoms with Crippen molar-refractivity contribution in [2.45, 2.75) is 13.3 Å². The van der Waals surface area contributed by atoms with Crippen LogP contribution in [0, 0.1) is 0 Å². The highest BCUT2D eigenvalue weighted by molar-refractivity contribution is 6.17. The van der Waals surface area contributed by atoms with Gasteiger partial charge in [-0.15, -0.1) is 0 Å². The van der Waals surface area contributed by atoms with Crippen LogP contribution < -0.4 is 5.32 Å². The fourth-order valence-electron chi connectivity index (χ4n) is 3.72. The molecule has 2 aromatic carbocycles. The first kappa shape index (κ1) is 20.4. The van der Waals surface area contributed by atoms with E-state index < -0.39 is 5.97 Å². The molecule has 8 nitrogen and oxygen atoms in total. The van der Waals surface area contributed by atoms with Gasteiger partial charge in [-0.3, -0.25) is 9.79 Å². The standard InChI is InChI=1S/C25H20N4O4/c1-2-32-25(31)23-24(33-15-26-23)17-7-5-6-16(12-17)20-14-22(30)28-21-13-18(8-9-19(21)27-20)29-10-3-4-11-29/h3-13,15H,2,14H2,1H3,(H,28,30). The molecule has 0 fully saturated rings. The quantitative estimate of drug-likeness (QED) is 0.451. The Morgan fingerprint density at radius 3 is 2.76 bits per heavy atom. The molecule has 5 rings (SSSR count). The summed E-state index contributed by atoms with van der Waals surface area (Å²) in [6, 6.07) is 16.9. The maximum atomic E-state index is 12.7. The minimum Gasteiger partial charge on any atom is -0.461 e. The van der Waals surface area contributed by atoms with E-state index >= 15 is 0 Å². The normalized spacial score (nSPS) is 13.0.